The van der Waals surface area contributed by atoms with Gasteiger partial charge in [0.25, 0.3) is 0 Å². The van der Waals surface area contributed by atoms with E-state index in [-0.39, 0.29) is 12.1 Å². The molecule has 0 spiro atoms. The van der Waals surface area contributed by atoms with Gasteiger partial charge in [0.2, 0.25) is 0 Å². The molecule has 1 aliphatic heterocycles. The van der Waals surface area contributed by atoms with E-state index in [0.717, 1.165) is 42.2 Å². The molecule has 1 aliphatic rings. The van der Waals surface area contributed by atoms with Crippen molar-refractivity contribution in [1.82, 2.24) is 24.8 Å². The number of rotatable bonds is 5. The second kappa shape index (κ2) is 9.80. The summed E-state index contributed by atoms with van der Waals surface area (Å²) in [6.07, 6.45) is 2.13. The van der Waals surface area contributed by atoms with Crippen LogP contribution in [0.3, 0.4) is 0 Å². The number of nitrogens with zero attached hydrogens (tertiary/aromatic N) is 4. The molecular weight excluding hydrogens is 434 g/mol. The van der Waals surface area contributed by atoms with E-state index in [1.165, 1.54) is 12.7 Å². The number of benzene rings is 1. The molecule has 3 aromatic rings. The summed E-state index contributed by atoms with van der Waals surface area (Å²) in [4.78, 5) is 40.5. The smallest absolute Gasteiger partial charge is 0.410 e. The highest BCUT2D eigenvalue weighted by Crippen LogP contribution is 2.18. The second-order valence-corrected chi connectivity index (χ2v) is 9.48. The van der Waals surface area contributed by atoms with Crippen LogP contribution in [-0.2, 0) is 22.4 Å². The molecule has 34 heavy (non-hydrogen) atoms. The SMILES string of the molecule is COC(=O)c1ccc2nc(Cc3cc(CN4CCN(C(=O)OC(C)(C)C)CC4)ccn3)[nH]c2c1. The number of imidazole rings is 1. The number of aromatic amines is 1. The highest BCUT2D eigenvalue weighted by atomic mass is 16.6. The van der Waals surface area contributed by atoms with Crippen LogP contribution in [0.15, 0.2) is 36.5 Å². The number of aromatic nitrogens is 3. The monoisotopic (exact) mass is 465 g/mol. The molecule has 0 atom stereocenters. The Hall–Kier alpha value is -3.46. The zero-order chi connectivity index (χ0) is 24.3. The first-order valence-electron chi connectivity index (χ1n) is 11.4. The molecule has 2 aromatic heterocycles. The summed E-state index contributed by atoms with van der Waals surface area (Å²) >= 11 is 0. The molecule has 1 amide bonds. The maximum Gasteiger partial charge on any atom is 0.410 e. The first-order chi connectivity index (χ1) is 16.2. The Morgan fingerprint density at radius 1 is 1.09 bits per heavy atom. The number of H-pyrrole nitrogens is 1. The van der Waals surface area contributed by atoms with Gasteiger partial charge in [-0.2, -0.15) is 0 Å². The Morgan fingerprint density at radius 3 is 2.56 bits per heavy atom. The number of esters is 1. The number of ether oxygens (including phenoxy) is 2. The lowest BCUT2D eigenvalue weighted by atomic mass is 10.1. The van der Waals surface area contributed by atoms with Crippen molar-refractivity contribution in [2.75, 3.05) is 33.3 Å². The van der Waals surface area contributed by atoms with Crippen LogP contribution in [0.5, 0.6) is 0 Å². The van der Waals surface area contributed by atoms with E-state index in [1.54, 1.807) is 17.0 Å². The number of hydrogen-bond acceptors (Lipinski definition) is 7. The molecule has 0 bridgehead atoms. The molecular formula is C25H31N5O4. The fourth-order valence-corrected chi connectivity index (χ4v) is 3.96. The number of amides is 1. The molecule has 1 saturated heterocycles. The van der Waals surface area contributed by atoms with Gasteiger partial charge in [-0.3, -0.25) is 9.88 Å². The average molecular weight is 466 g/mol. The molecule has 0 saturated carbocycles. The Bertz CT molecular complexity index is 1180. The molecule has 3 heterocycles. The summed E-state index contributed by atoms with van der Waals surface area (Å²) in [6, 6.07) is 9.37. The van der Waals surface area contributed by atoms with Crippen LogP contribution in [0, 0.1) is 0 Å². The van der Waals surface area contributed by atoms with Crippen molar-refractivity contribution in [2.45, 2.75) is 39.3 Å². The van der Waals surface area contributed by atoms with Gasteiger partial charge in [0.1, 0.15) is 11.4 Å². The lowest BCUT2D eigenvalue weighted by molar-refractivity contribution is 0.0139. The summed E-state index contributed by atoms with van der Waals surface area (Å²) in [6.45, 7) is 9.33. The Morgan fingerprint density at radius 2 is 1.85 bits per heavy atom. The van der Waals surface area contributed by atoms with Crippen molar-refractivity contribution in [3.05, 3.63) is 59.2 Å². The molecule has 1 fully saturated rings. The van der Waals surface area contributed by atoms with Crippen molar-refractivity contribution in [3.63, 3.8) is 0 Å². The van der Waals surface area contributed by atoms with Gasteiger partial charge in [-0.1, -0.05) is 0 Å². The third kappa shape index (κ3) is 5.91. The van der Waals surface area contributed by atoms with Gasteiger partial charge in [0.05, 0.1) is 23.7 Å². The molecule has 4 rings (SSSR count). The molecule has 1 N–H and O–H groups in total. The summed E-state index contributed by atoms with van der Waals surface area (Å²) in [7, 11) is 1.37. The zero-order valence-corrected chi connectivity index (χ0v) is 20.1. The lowest BCUT2D eigenvalue weighted by Crippen LogP contribution is -2.49. The molecule has 1 aromatic carbocycles. The summed E-state index contributed by atoms with van der Waals surface area (Å²) < 4.78 is 10.3. The topological polar surface area (TPSA) is 101 Å². The van der Waals surface area contributed by atoms with Gasteiger partial charge in [-0.25, -0.2) is 14.6 Å². The van der Waals surface area contributed by atoms with Crippen molar-refractivity contribution < 1.29 is 19.1 Å². The number of hydrogen-bond donors (Lipinski definition) is 1. The van der Waals surface area contributed by atoms with Crippen LogP contribution in [0.1, 0.15) is 48.2 Å². The van der Waals surface area contributed by atoms with Gasteiger partial charge >= 0.3 is 12.1 Å². The number of methoxy groups -OCH3 is 1. The van der Waals surface area contributed by atoms with Crippen LogP contribution < -0.4 is 0 Å². The predicted molar refractivity (Wildman–Crippen MR) is 128 cm³/mol. The summed E-state index contributed by atoms with van der Waals surface area (Å²) in [5, 5.41) is 0. The van der Waals surface area contributed by atoms with Crippen LogP contribution in [0.2, 0.25) is 0 Å². The van der Waals surface area contributed by atoms with Crippen molar-refractivity contribution in [1.29, 1.82) is 0 Å². The van der Waals surface area contributed by atoms with E-state index < -0.39 is 5.60 Å². The maximum absolute atomic E-state index is 12.3. The molecule has 180 valence electrons. The molecule has 0 radical (unpaired) electrons. The minimum absolute atomic E-state index is 0.247. The van der Waals surface area contributed by atoms with Crippen LogP contribution in [-0.4, -0.2) is 75.7 Å². The van der Waals surface area contributed by atoms with Gasteiger partial charge < -0.3 is 19.4 Å². The number of nitrogens with one attached hydrogen (secondary N) is 1. The van der Waals surface area contributed by atoms with E-state index in [1.807, 2.05) is 39.1 Å². The van der Waals surface area contributed by atoms with Crippen LogP contribution >= 0.6 is 0 Å². The summed E-state index contributed by atoms with van der Waals surface area (Å²) in [5.41, 5.74) is 3.66. The lowest BCUT2D eigenvalue weighted by Gasteiger charge is -2.35. The minimum Gasteiger partial charge on any atom is -0.465 e. The largest absolute Gasteiger partial charge is 0.465 e. The Kier molecular flexibility index (Phi) is 6.83. The number of piperazine rings is 1. The Balaban J connectivity index is 1.36. The third-order valence-corrected chi connectivity index (χ3v) is 5.61. The van der Waals surface area contributed by atoms with Crippen molar-refractivity contribution >= 4 is 23.1 Å². The maximum atomic E-state index is 12.3. The van der Waals surface area contributed by atoms with Gasteiger partial charge in [-0.15, -0.1) is 0 Å². The minimum atomic E-state index is -0.481. The quantitative estimate of drug-likeness (QED) is 0.577. The van der Waals surface area contributed by atoms with E-state index in [0.29, 0.717) is 25.1 Å². The standard InChI is InChI=1S/C25H31N5O4/c1-25(2,3)34-24(32)30-11-9-29(10-12-30)16-17-7-8-26-19(13-17)15-22-27-20-6-5-18(23(31)33-4)14-21(20)28-22/h5-8,13-14H,9-12,15-16H2,1-4H3,(H,27,28). The average Bonchev–Trinajstić information content (AvgIpc) is 3.19. The van der Waals surface area contributed by atoms with Gasteiger partial charge in [-0.05, 0) is 56.7 Å². The number of carbonyl (C=O) groups is 2. The van der Waals surface area contributed by atoms with E-state index in [9.17, 15) is 9.59 Å². The highest BCUT2D eigenvalue weighted by Gasteiger charge is 2.25. The predicted octanol–water partition coefficient (Wildman–Crippen LogP) is 3.39. The van der Waals surface area contributed by atoms with Crippen LogP contribution in [0.25, 0.3) is 11.0 Å². The Labute approximate surface area is 199 Å². The molecule has 9 heteroatoms. The highest BCUT2D eigenvalue weighted by molar-refractivity contribution is 5.93. The first-order valence-corrected chi connectivity index (χ1v) is 11.4. The fourth-order valence-electron chi connectivity index (χ4n) is 3.96. The normalized spacial score (nSPS) is 14.9. The van der Waals surface area contributed by atoms with E-state index >= 15 is 0 Å². The molecule has 0 aliphatic carbocycles. The van der Waals surface area contributed by atoms with E-state index in [2.05, 4.69) is 25.9 Å². The number of carbonyl (C=O) groups excluding carboxylic acids is 2. The second-order valence-electron chi connectivity index (χ2n) is 9.48. The van der Waals surface area contributed by atoms with Crippen molar-refractivity contribution in [2.24, 2.45) is 0 Å². The van der Waals surface area contributed by atoms with Crippen molar-refractivity contribution in [3.8, 4) is 0 Å². The molecule has 0 unspecified atom stereocenters. The van der Waals surface area contributed by atoms with Gasteiger partial charge in [0, 0.05) is 51.0 Å². The fraction of sp³-hybridized carbons (Fsp3) is 0.440. The van der Waals surface area contributed by atoms with Gasteiger partial charge in [0.15, 0.2) is 0 Å². The van der Waals surface area contributed by atoms with E-state index in [4.69, 9.17) is 9.47 Å². The number of pyridine rings is 1. The summed E-state index contributed by atoms with van der Waals surface area (Å²) in [5.74, 6) is 0.409. The third-order valence-electron chi connectivity index (χ3n) is 5.61. The number of fused-ring (bicyclic) bond motifs is 1. The zero-order valence-electron chi connectivity index (χ0n) is 20.1. The van der Waals surface area contributed by atoms with Crippen LogP contribution in [0.4, 0.5) is 4.79 Å². The first kappa shape index (κ1) is 23.7. The molecule has 9 nitrogen and oxygen atoms in total.